The molecule has 1 rings (SSSR count). The van der Waals surface area contributed by atoms with E-state index in [1.54, 1.807) is 0 Å². The lowest BCUT2D eigenvalue weighted by molar-refractivity contribution is 0.136. The Bertz CT molecular complexity index is 119. The topological polar surface area (TPSA) is 29.3 Å². The molecule has 1 heterocycles. The fraction of sp³-hybridized carbons (Fsp3) is 1.00. The third-order valence-electron chi connectivity index (χ3n) is 2.65. The molecule has 0 amide bonds. The summed E-state index contributed by atoms with van der Waals surface area (Å²) in [6, 6.07) is 0. The van der Waals surface area contributed by atoms with E-state index < -0.39 is 0 Å². The summed E-state index contributed by atoms with van der Waals surface area (Å²) in [5, 5.41) is 0. The molecular weight excluding hydrogens is 207 g/mol. The van der Waals surface area contributed by atoms with Gasteiger partial charge in [0, 0.05) is 13.1 Å². The van der Waals surface area contributed by atoms with E-state index in [0.29, 0.717) is 5.41 Å². The van der Waals surface area contributed by atoms with Gasteiger partial charge in [-0.3, -0.25) is 0 Å². The van der Waals surface area contributed by atoms with Crippen LogP contribution in [-0.4, -0.2) is 31.1 Å². The number of likely N-dealkylation sites (tertiary alicyclic amines) is 1. The van der Waals surface area contributed by atoms with Gasteiger partial charge in [0.1, 0.15) is 0 Å². The lowest BCUT2D eigenvalue weighted by atomic mass is 9.83. The minimum absolute atomic E-state index is 0. The Balaban J connectivity index is 0. The summed E-state index contributed by atoms with van der Waals surface area (Å²) >= 11 is 0. The first-order valence-corrected chi connectivity index (χ1v) is 4.56. The molecule has 0 saturated carbocycles. The number of rotatable bonds is 2. The van der Waals surface area contributed by atoms with Crippen LogP contribution >= 0.6 is 24.8 Å². The van der Waals surface area contributed by atoms with Gasteiger partial charge in [0.15, 0.2) is 0 Å². The van der Waals surface area contributed by atoms with E-state index >= 15 is 0 Å². The highest BCUT2D eigenvalue weighted by atomic mass is 35.5. The van der Waals surface area contributed by atoms with E-state index in [9.17, 15) is 0 Å². The van der Waals surface area contributed by atoms with Crippen molar-refractivity contribution in [3.05, 3.63) is 0 Å². The summed E-state index contributed by atoms with van der Waals surface area (Å²) in [7, 11) is 0. The molecule has 1 aliphatic rings. The highest BCUT2D eigenvalue weighted by Gasteiger charge is 2.24. The number of hydrogen-bond acceptors (Lipinski definition) is 2. The maximum atomic E-state index is 5.49. The van der Waals surface area contributed by atoms with E-state index in [0.717, 1.165) is 13.1 Å². The number of hydrogen-bond donors (Lipinski definition) is 1. The summed E-state index contributed by atoms with van der Waals surface area (Å²) in [6.07, 6.45) is 2.65. The highest BCUT2D eigenvalue weighted by Crippen LogP contribution is 2.29. The molecule has 82 valence electrons. The van der Waals surface area contributed by atoms with Crippen LogP contribution in [0, 0.1) is 5.41 Å². The molecule has 1 fully saturated rings. The van der Waals surface area contributed by atoms with Crippen molar-refractivity contribution in [2.75, 3.05) is 26.2 Å². The quantitative estimate of drug-likeness (QED) is 0.783. The van der Waals surface area contributed by atoms with Crippen LogP contribution in [0.25, 0.3) is 0 Å². The van der Waals surface area contributed by atoms with Crippen LogP contribution in [0.1, 0.15) is 26.7 Å². The van der Waals surface area contributed by atoms with E-state index in [1.165, 1.54) is 25.9 Å². The van der Waals surface area contributed by atoms with Crippen molar-refractivity contribution in [1.29, 1.82) is 0 Å². The van der Waals surface area contributed by atoms with Crippen molar-refractivity contribution in [2.24, 2.45) is 11.1 Å². The number of nitrogens with two attached hydrogens (primary N) is 1. The minimum atomic E-state index is 0. The third-order valence-corrected chi connectivity index (χ3v) is 2.65. The molecule has 1 saturated heterocycles. The van der Waals surface area contributed by atoms with Crippen molar-refractivity contribution in [3.63, 3.8) is 0 Å². The van der Waals surface area contributed by atoms with Crippen molar-refractivity contribution in [3.8, 4) is 0 Å². The second kappa shape index (κ2) is 6.88. The van der Waals surface area contributed by atoms with Crippen molar-refractivity contribution in [2.45, 2.75) is 26.7 Å². The van der Waals surface area contributed by atoms with E-state index in [-0.39, 0.29) is 24.8 Å². The van der Waals surface area contributed by atoms with Crippen LogP contribution in [0.2, 0.25) is 0 Å². The summed E-state index contributed by atoms with van der Waals surface area (Å²) < 4.78 is 0. The fourth-order valence-corrected chi connectivity index (χ4v) is 1.56. The molecule has 0 bridgehead atoms. The first-order valence-electron chi connectivity index (χ1n) is 4.56. The Morgan fingerprint density at radius 1 is 1.15 bits per heavy atom. The van der Waals surface area contributed by atoms with E-state index in [1.807, 2.05) is 0 Å². The van der Waals surface area contributed by atoms with Gasteiger partial charge in [-0.15, -0.1) is 24.8 Å². The molecule has 0 radical (unpaired) electrons. The molecule has 0 spiro atoms. The standard InChI is InChI=1S/C9H20N2.2ClH/c1-9(2)3-6-11(7-4-9)8-5-10;;/h3-8,10H2,1-2H3;2*1H. The van der Waals surface area contributed by atoms with Gasteiger partial charge in [0.25, 0.3) is 0 Å². The molecule has 0 aromatic heterocycles. The largest absolute Gasteiger partial charge is 0.329 e. The molecule has 0 aliphatic carbocycles. The molecule has 0 aromatic carbocycles. The van der Waals surface area contributed by atoms with Crippen molar-refractivity contribution < 1.29 is 0 Å². The van der Waals surface area contributed by atoms with Crippen LogP contribution in [0.5, 0.6) is 0 Å². The predicted molar refractivity (Wildman–Crippen MR) is 63.0 cm³/mol. The zero-order valence-corrected chi connectivity index (χ0v) is 10.2. The average Bonchev–Trinajstić information content (AvgIpc) is 1.94. The normalized spacial score (nSPS) is 21.5. The predicted octanol–water partition coefficient (Wildman–Crippen LogP) is 1.91. The molecule has 0 aromatic rings. The zero-order chi connectivity index (χ0) is 8.32. The fourth-order valence-electron chi connectivity index (χ4n) is 1.56. The Hall–Kier alpha value is 0.500. The van der Waals surface area contributed by atoms with Crippen molar-refractivity contribution >= 4 is 24.8 Å². The van der Waals surface area contributed by atoms with Crippen LogP contribution in [0.4, 0.5) is 0 Å². The molecule has 0 unspecified atom stereocenters. The Morgan fingerprint density at radius 2 is 1.62 bits per heavy atom. The molecule has 1 aliphatic heterocycles. The van der Waals surface area contributed by atoms with Gasteiger partial charge in [-0.1, -0.05) is 13.8 Å². The maximum Gasteiger partial charge on any atom is 0.0105 e. The van der Waals surface area contributed by atoms with Gasteiger partial charge < -0.3 is 10.6 Å². The second-order valence-corrected chi connectivity index (χ2v) is 4.29. The van der Waals surface area contributed by atoms with E-state index in [4.69, 9.17) is 5.73 Å². The Morgan fingerprint density at radius 3 is 2.00 bits per heavy atom. The lowest BCUT2D eigenvalue weighted by Gasteiger charge is -2.36. The first-order chi connectivity index (χ1) is 5.14. The van der Waals surface area contributed by atoms with Crippen molar-refractivity contribution in [1.82, 2.24) is 4.90 Å². The molecular formula is C9H22Cl2N2. The van der Waals surface area contributed by atoms with Crippen LogP contribution in [0.15, 0.2) is 0 Å². The molecule has 2 nitrogen and oxygen atoms in total. The van der Waals surface area contributed by atoms with Crippen LogP contribution < -0.4 is 5.73 Å². The Kier molecular flexibility index (Phi) is 8.44. The van der Waals surface area contributed by atoms with Gasteiger partial charge in [-0.25, -0.2) is 0 Å². The smallest absolute Gasteiger partial charge is 0.0105 e. The zero-order valence-electron chi connectivity index (χ0n) is 8.58. The van der Waals surface area contributed by atoms with E-state index in [2.05, 4.69) is 18.7 Å². The summed E-state index contributed by atoms with van der Waals surface area (Å²) in [5.74, 6) is 0. The highest BCUT2D eigenvalue weighted by molar-refractivity contribution is 5.85. The van der Waals surface area contributed by atoms with Crippen LogP contribution in [0.3, 0.4) is 0 Å². The second-order valence-electron chi connectivity index (χ2n) is 4.29. The third kappa shape index (κ3) is 5.74. The van der Waals surface area contributed by atoms with Gasteiger partial charge in [0.2, 0.25) is 0 Å². The monoisotopic (exact) mass is 228 g/mol. The van der Waals surface area contributed by atoms with Crippen LogP contribution in [-0.2, 0) is 0 Å². The number of piperidine rings is 1. The lowest BCUT2D eigenvalue weighted by Crippen LogP contribution is -2.39. The number of nitrogens with zero attached hydrogens (tertiary/aromatic N) is 1. The maximum absolute atomic E-state index is 5.49. The van der Waals surface area contributed by atoms with Gasteiger partial charge >= 0.3 is 0 Å². The average molecular weight is 229 g/mol. The molecule has 0 atom stereocenters. The summed E-state index contributed by atoms with van der Waals surface area (Å²) in [6.45, 7) is 9.07. The molecule has 4 heteroatoms. The van der Waals surface area contributed by atoms with Gasteiger partial charge in [0.05, 0.1) is 0 Å². The number of halogens is 2. The summed E-state index contributed by atoms with van der Waals surface area (Å²) in [4.78, 5) is 2.46. The molecule has 2 N–H and O–H groups in total. The van der Waals surface area contributed by atoms with Gasteiger partial charge in [-0.05, 0) is 31.3 Å². The summed E-state index contributed by atoms with van der Waals surface area (Å²) in [5.41, 5.74) is 6.06. The first kappa shape index (κ1) is 15.9. The molecule has 13 heavy (non-hydrogen) atoms. The SMILES string of the molecule is CC1(C)CCN(CCN)CC1.Cl.Cl. The van der Waals surface area contributed by atoms with Gasteiger partial charge in [-0.2, -0.15) is 0 Å². The Labute approximate surface area is 94.1 Å². The minimum Gasteiger partial charge on any atom is -0.329 e.